The minimum atomic E-state index is -0.0938. The fourth-order valence-corrected chi connectivity index (χ4v) is 2.38. The van der Waals surface area contributed by atoms with Crippen molar-refractivity contribution in [2.24, 2.45) is 0 Å². The standard InChI is InChI=1S/C18H15N3O/c1-13-2-6-16(7-3-13)20-18(22)12-21-9-8-15-5-4-14(11-19)10-17(15)21/h2-10H,12H2,1H3,(H,20,22). The number of rotatable bonds is 3. The molecule has 0 unspecified atom stereocenters. The summed E-state index contributed by atoms with van der Waals surface area (Å²) < 4.78 is 1.85. The van der Waals surface area contributed by atoms with Crippen molar-refractivity contribution in [3.8, 4) is 6.07 Å². The quantitative estimate of drug-likeness (QED) is 0.802. The van der Waals surface area contributed by atoms with Crippen LogP contribution in [0.25, 0.3) is 10.9 Å². The van der Waals surface area contributed by atoms with Crippen LogP contribution >= 0.6 is 0 Å². The Kier molecular flexibility index (Phi) is 3.63. The molecule has 3 rings (SSSR count). The van der Waals surface area contributed by atoms with E-state index in [0.717, 1.165) is 22.2 Å². The lowest BCUT2D eigenvalue weighted by Crippen LogP contribution is -2.18. The Hall–Kier alpha value is -3.06. The van der Waals surface area contributed by atoms with E-state index in [1.807, 2.05) is 54.1 Å². The van der Waals surface area contributed by atoms with Crippen LogP contribution in [0.5, 0.6) is 0 Å². The Labute approximate surface area is 128 Å². The molecule has 3 aromatic rings. The molecule has 2 aromatic carbocycles. The molecule has 4 heteroatoms. The van der Waals surface area contributed by atoms with Crippen LogP contribution < -0.4 is 5.32 Å². The minimum Gasteiger partial charge on any atom is -0.338 e. The molecule has 0 bridgehead atoms. The lowest BCUT2D eigenvalue weighted by Gasteiger charge is -2.08. The van der Waals surface area contributed by atoms with Crippen molar-refractivity contribution in [1.82, 2.24) is 4.57 Å². The summed E-state index contributed by atoms with van der Waals surface area (Å²) in [5.41, 5.74) is 3.41. The number of benzene rings is 2. The van der Waals surface area contributed by atoms with Gasteiger partial charge in [-0.3, -0.25) is 4.79 Å². The van der Waals surface area contributed by atoms with E-state index < -0.39 is 0 Å². The third-order valence-electron chi connectivity index (χ3n) is 3.55. The fraction of sp³-hybridized carbons (Fsp3) is 0.111. The van der Waals surface area contributed by atoms with Gasteiger partial charge in [0.15, 0.2) is 0 Å². The maximum absolute atomic E-state index is 12.2. The van der Waals surface area contributed by atoms with Crippen LogP contribution in [-0.4, -0.2) is 10.5 Å². The molecule has 1 N–H and O–H groups in total. The Morgan fingerprint density at radius 2 is 1.95 bits per heavy atom. The Morgan fingerprint density at radius 3 is 2.68 bits per heavy atom. The normalized spacial score (nSPS) is 10.4. The van der Waals surface area contributed by atoms with E-state index in [4.69, 9.17) is 5.26 Å². The lowest BCUT2D eigenvalue weighted by atomic mass is 10.2. The van der Waals surface area contributed by atoms with Gasteiger partial charge in [-0.15, -0.1) is 0 Å². The minimum absolute atomic E-state index is 0.0938. The molecular weight excluding hydrogens is 274 g/mol. The first-order valence-corrected chi connectivity index (χ1v) is 7.01. The van der Waals surface area contributed by atoms with E-state index >= 15 is 0 Å². The number of carbonyl (C=O) groups excluding carboxylic acids is 1. The highest BCUT2D eigenvalue weighted by molar-refractivity contribution is 5.92. The number of hydrogen-bond acceptors (Lipinski definition) is 2. The zero-order valence-electron chi connectivity index (χ0n) is 12.2. The Morgan fingerprint density at radius 1 is 1.18 bits per heavy atom. The summed E-state index contributed by atoms with van der Waals surface area (Å²) in [4.78, 5) is 12.2. The first-order chi connectivity index (χ1) is 10.7. The summed E-state index contributed by atoms with van der Waals surface area (Å²) in [7, 11) is 0. The number of fused-ring (bicyclic) bond motifs is 1. The van der Waals surface area contributed by atoms with Gasteiger partial charge in [-0.2, -0.15) is 5.26 Å². The molecule has 0 spiro atoms. The second-order valence-electron chi connectivity index (χ2n) is 5.24. The van der Waals surface area contributed by atoms with Crippen molar-refractivity contribution in [1.29, 1.82) is 5.26 Å². The van der Waals surface area contributed by atoms with Gasteiger partial charge >= 0.3 is 0 Å². The van der Waals surface area contributed by atoms with E-state index in [9.17, 15) is 4.79 Å². The summed E-state index contributed by atoms with van der Waals surface area (Å²) in [6, 6.07) is 17.2. The number of nitriles is 1. The van der Waals surface area contributed by atoms with E-state index in [-0.39, 0.29) is 12.5 Å². The molecule has 0 aliphatic heterocycles. The van der Waals surface area contributed by atoms with Crippen molar-refractivity contribution in [3.63, 3.8) is 0 Å². The molecule has 0 fully saturated rings. The molecule has 0 aliphatic rings. The number of aromatic nitrogens is 1. The molecule has 0 saturated heterocycles. The maximum Gasteiger partial charge on any atom is 0.244 e. The van der Waals surface area contributed by atoms with Crippen LogP contribution in [0.4, 0.5) is 5.69 Å². The lowest BCUT2D eigenvalue weighted by molar-refractivity contribution is -0.116. The number of hydrogen-bond donors (Lipinski definition) is 1. The molecule has 4 nitrogen and oxygen atoms in total. The third kappa shape index (κ3) is 2.84. The molecule has 108 valence electrons. The monoisotopic (exact) mass is 289 g/mol. The summed E-state index contributed by atoms with van der Waals surface area (Å²) in [5, 5.41) is 12.9. The highest BCUT2D eigenvalue weighted by Gasteiger charge is 2.07. The molecule has 0 atom stereocenters. The number of nitrogens with zero attached hydrogens (tertiary/aromatic N) is 2. The highest BCUT2D eigenvalue weighted by atomic mass is 16.1. The summed E-state index contributed by atoms with van der Waals surface area (Å²) in [5.74, 6) is -0.0938. The Bertz CT molecular complexity index is 869. The van der Waals surface area contributed by atoms with Gasteiger partial charge in [0.25, 0.3) is 0 Å². The molecule has 1 heterocycles. The number of anilines is 1. The SMILES string of the molecule is Cc1ccc(NC(=O)Cn2ccc3ccc(C#N)cc32)cc1. The van der Waals surface area contributed by atoms with Crippen molar-refractivity contribution in [3.05, 3.63) is 65.9 Å². The predicted octanol–water partition coefficient (Wildman–Crippen LogP) is 3.46. The zero-order valence-corrected chi connectivity index (χ0v) is 12.2. The van der Waals surface area contributed by atoms with Crippen LogP contribution in [0.3, 0.4) is 0 Å². The predicted molar refractivity (Wildman–Crippen MR) is 86.5 cm³/mol. The first-order valence-electron chi connectivity index (χ1n) is 7.01. The van der Waals surface area contributed by atoms with E-state index in [1.54, 1.807) is 12.1 Å². The number of nitrogens with one attached hydrogen (secondary N) is 1. The molecule has 0 saturated carbocycles. The summed E-state index contributed by atoms with van der Waals surface area (Å²) >= 11 is 0. The van der Waals surface area contributed by atoms with Gasteiger partial charge in [-0.1, -0.05) is 23.8 Å². The van der Waals surface area contributed by atoms with Crippen LogP contribution in [0.15, 0.2) is 54.7 Å². The van der Waals surface area contributed by atoms with Crippen molar-refractivity contribution in [2.75, 3.05) is 5.32 Å². The van der Waals surface area contributed by atoms with Gasteiger partial charge in [0.2, 0.25) is 5.91 Å². The van der Waals surface area contributed by atoms with Crippen molar-refractivity contribution >= 4 is 22.5 Å². The molecule has 0 radical (unpaired) electrons. The van der Waals surface area contributed by atoms with Gasteiger partial charge in [0.05, 0.1) is 11.6 Å². The third-order valence-corrected chi connectivity index (χ3v) is 3.55. The number of amides is 1. The van der Waals surface area contributed by atoms with Crippen LogP contribution in [0.1, 0.15) is 11.1 Å². The van der Waals surface area contributed by atoms with E-state index in [2.05, 4.69) is 11.4 Å². The van der Waals surface area contributed by atoms with Gasteiger partial charge < -0.3 is 9.88 Å². The Balaban J connectivity index is 1.79. The molecule has 1 amide bonds. The average Bonchev–Trinajstić information content (AvgIpc) is 2.91. The topological polar surface area (TPSA) is 57.8 Å². The molecular formula is C18H15N3O. The van der Waals surface area contributed by atoms with E-state index in [0.29, 0.717) is 5.56 Å². The van der Waals surface area contributed by atoms with Gasteiger partial charge in [-0.05, 0) is 42.6 Å². The first kappa shape index (κ1) is 13.9. The van der Waals surface area contributed by atoms with Gasteiger partial charge in [-0.25, -0.2) is 0 Å². The van der Waals surface area contributed by atoms with Crippen LogP contribution in [-0.2, 0) is 11.3 Å². The number of carbonyl (C=O) groups is 1. The van der Waals surface area contributed by atoms with Gasteiger partial charge in [0, 0.05) is 17.4 Å². The summed E-state index contributed by atoms with van der Waals surface area (Å²) in [6.45, 7) is 2.22. The molecule has 0 aliphatic carbocycles. The number of aryl methyl sites for hydroxylation is 1. The summed E-state index contributed by atoms with van der Waals surface area (Å²) in [6.07, 6.45) is 1.86. The van der Waals surface area contributed by atoms with Gasteiger partial charge in [0.1, 0.15) is 6.54 Å². The highest BCUT2D eigenvalue weighted by Crippen LogP contribution is 2.18. The second-order valence-corrected chi connectivity index (χ2v) is 5.24. The fourth-order valence-electron chi connectivity index (χ4n) is 2.38. The van der Waals surface area contributed by atoms with E-state index in [1.165, 1.54) is 0 Å². The molecule has 1 aromatic heterocycles. The zero-order chi connectivity index (χ0) is 15.5. The van der Waals surface area contributed by atoms with Crippen LogP contribution in [0, 0.1) is 18.3 Å². The van der Waals surface area contributed by atoms with Crippen LogP contribution in [0.2, 0.25) is 0 Å². The largest absolute Gasteiger partial charge is 0.338 e. The smallest absolute Gasteiger partial charge is 0.244 e. The maximum atomic E-state index is 12.2. The van der Waals surface area contributed by atoms with Crippen molar-refractivity contribution < 1.29 is 4.79 Å². The molecule has 22 heavy (non-hydrogen) atoms. The van der Waals surface area contributed by atoms with Crippen molar-refractivity contribution in [2.45, 2.75) is 13.5 Å². The second kappa shape index (κ2) is 5.74. The average molecular weight is 289 g/mol.